The zero-order valence-electron chi connectivity index (χ0n) is 23.6. The van der Waals surface area contributed by atoms with Crippen LogP contribution in [0.15, 0.2) is 36.5 Å². The molecule has 0 aliphatic heterocycles. The topological polar surface area (TPSA) is 63.6 Å². The lowest BCUT2D eigenvalue weighted by molar-refractivity contribution is -0.145. The fourth-order valence-electron chi connectivity index (χ4n) is 4.14. The predicted molar refractivity (Wildman–Crippen MR) is 153 cm³/mol. The summed E-state index contributed by atoms with van der Waals surface area (Å²) in [6, 6.07) is 0. The molecule has 0 radical (unpaired) electrons. The number of hydrogen-bond acceptors (Lipinski definition) is 3. The molecule has 0 rings (SSSR count). The van der Waals surface area contributed by atoms with E-state index >= 15 is 0 Å². The van der Waals surface area contributed by atoms with Gasteiger partial charge in [-0.25, -0.2) is 0 Å². The van der Waals surface area contributed by atoms with E-state index in [0.717, 1.165) is 44.9 Å². The molecule has 0 aliphatic carbocycles. The van der Waals surface area contributed by atoms with Gasteiger partial charge in [-0.2, -0.15) is 0 Å². The number of carboxylic acids is 1. The van der Waals surface area contributed by atoms with Gasteiger partial charge < -0.3 is 9.84 Å². The van der Waals surface area contributed by atoms with E-state index in [4.69, 9.17) is 9.84 Å². The molecule has 0 fully saturated rings. The van der Waals surface area contributed by atoms with E-state index in [2.05, 4.69) is 32.1 Å². The Hall–Kier alpha value is -1.84. The molecule has 0 bridgehead atoms. The van der Waals surface area contributed by atoms with E-state index in [0.29, 0.717) is 12.8 Å². The molecule has 0 spiro atoms. The van der Waals surface area contributed by atoms with Crippen LogP contribution in [0, 0.1) is 0 Å². The van der Waals surface area contributed by atoms with Crippen molar-refractivity contribution >= 4 is 11.9 Å². The van der Waals surface area contributed by atoms with Crippen molar-refractivity contribution in [2.75, 3.05) is 0 Å². The van der Waals surface area contributed by atoms with Crippen LogP contribution in [0.3, 0.4) is 0 Å². The number of aliphatic carboxylic acids is 1. The zero-order chi connectivity index (χ0) is 26.5. The summed E-state index contributed by atoms with van der Waals surface area (Å²) in [6.45, 7) is 4.38. The van der Waals surface area contributed by atoms with Gasteiger partial charge in [-0.15, -0.1) is 0 Å². The second-order valence-corrected chi connectivity index (χ2v) is 9.91. The second-order valence-electron chi connectivity index (χ2n) is 9.91. The Morgan fingerprint density at radius 3 is 1.75 bits per heavy atom. The molecule has 0 amide bonds. The SMILES string of the molecule is CC/C=C\C/C=C\C(/C=C\CCCCCC(=O)O)OC(=O)CCCCCCCCCCCCCCC. The summed E-state index contributed by atoms with van der Waals surface area (Å²) >= 11 is 0. The first-order valence-corrected chi connectivity index (χ1v) is 15.0. The summed E-state index contributed by atoms with van der Waals surface area (Å²) < 4.78 is 5.71. The summed E-state index contributed by atoms with van der Waals surface area (Å²) in [5, 5.41) is 8.71. The third-order valence-corrected chi connectivity index (χ3v) is 6.34. The number of ether oxygens (including phenoxy) is 1. The molecule has 0 heterocycles. The average Bonchev–Trinajstić information content (AvgIpc) is 2.85. The van der Waals surface area contributed by atoms with E-state index < -0.39 is 5.97 Å². The fraction of sp³-hybridized carbons (Fsp3) is 0.750. The lowest BCUT2D eigenvalue weighted by atomic mass is 10.0. The van der Waals surface area contributed by atoms with Crippen molar-refractivity contribution in [3.05, 3.63) is 36.5 Å². The highest BCUT2D eigenvalue weighted by molar-refractivity contribution is 5.69. The minimum absolute atomic E-state index is 0.122. The summed E-state index contributed by atoms with van der Waals surface area (Å²) in [5.74, 6) is -0.855. The van der Waals surface area contributed by atoms with Crippen LogP contribution in [0.2, 0.25) is 0 Å². The Labute approximate surface area is 222 Å². The minimum atomic E-state index is -0.733. The maximum Gasteiger partial charge on any atom is 0.306 e. The number of carbonyl (C=O) groups excluding carboxylic acids is 1. The lowest BCUT2D eigenvalue weighted by Gasteiger charge is -2.11. The molecule has 4 nitrogen and oxygen atoms in total. The summed E-state index contributed by atoms with van der Waals surface area (Å²) in [4.78, 5) is 22.9. The van der Waals surface area contributed by atoms with Gasteiger partial charge in [-0.1, -0.05) is 122 Å². The van der Waals surface area contributed by atoms with Gasteiger partial charge in [-0.05, 0) is 50.7 Å². The van der Waals surface area contributed by atoms with Crippen LogP contribution in [0.5, 0.6) is 0 Å². The Morgan fingerprint density at radius 1 is 0.639 bits per heavy atom. The Kier molecular flexibility index (Phi) is 26.3. The van der Waals surface area contributed by atoms with Crippen LogP contribution >= 0.6 is 0 Å². The van der Waals surface area contributed by atoms with Gasteiger partial charge in [0.1, 0.15) is 6.10 Å². The highest BCUT2D eigenvalue weighted by atomic mass is 16.5. The van der Waals surface area contributed by atoms with Crippen molar-refractivity contribution in [2.24, 2.45) is 0 Å². The Morgan fingerprint density at radius 2 is 1.17 bits per heavy atom. The normalized spacial score (nSPS) is 12.7. The Bertz CT molecular complexity index is 591. The maximum atomic E-state index is 12.4. The largest absolute Gasteiger partial charge is 0.481 e. The minimum Gasteiger partial charge on any atom is -0.481 e. The molecular formula is C32H56O4. The van der Waals surface area contributed by atoms with Crippen molar-refractivity contribution in [3.63, 3.8) is 0 Å². The Balaban J connectivity index is 4.04. The molecule has 0 saturated heterocycles. The number of rotatable bonds is 26. The first-order chi connectivity index (χ1) is 17.6. The van der Waals surface area contributed by atoms with Gasteiger partial charge in [-0.3, -0.25) is 9.59 Å². The van der Waals surface area contributed by atoms with Crippen molar-refractivity contribution in [1.82, 2.24) is 0 Å². The van der Waals surface area contributed by atoms with Gasteiger partial charge in [0.15, 0.2) is 0 Å². The van der Waals surface area contributed by atoms with Crippen LogP contribution < -0.4 is 0 Å². The maximum absolute atomic E-state index is 12.4. The molecule has 0 aromatic carbocycles. The molecule has 0 aliphatic rings. The van der Waals surface area contributed by atoms with E-state index in [1.165, 1.54) is 70.6 Å². The van der Waals surface area contributed by atoms with Gasteiger partial charge in [0, 0.05) is 12.8 Å². The molecule has 1 N–H and O–H groups in total. The van der Waals surface area contributed by atoms with Crippen molar-refractivity contribution in [3.8, 4) is 0 Å². The summed E-state index contributed by atoms with van der Waals surface area (Å²) in [7, 11) is 0. The molecule has 36 heavy (non-hydrogen) atoms. The number of allylic oxidation sites excluding steroid dienone is 4. The van der Waals surface area contributed by atoms with Crippen LogP contribution in [0.4, 0.5) is 0 Å². The number of esters is 1. The molecule has 0 aromatic heterocycles. The number of unbranched alkanes of at least 4 members (excludes halogenated alkanes) is 15. The van der Waals surface area contributed by atoms with Gasteiger partial charge in [0.25, 0.3) is 0 Å². The summed E-state index contributed by atoms with van der Waals surface area (Å²) in [5.41, 5.74) is 0. The van der Waals surface area contributed by atoms with Crippen molar-refractivity contribution in [1.29, 1.82) is 0 Å². The molecule has 0 aromatic rings. The van der Waals surface area contributed by atoms with Gasteiger partial charge in [0.2, 0.25) is 0 Å². The van der Waals surface area contributed by atoms with Crippen LogP contribution in [-0.4, -0.2) is 23.1 Å². The smallest absolute Gasteiger partial charge is 0.306 e. The predicted octanol–water partition coefficient (Wildman–Crippen LogP) is 9.88. The third kappa shape index (κ3) is 26.8. The molecule has 1 unspecified atom stereocenters. The first-order valence-electron chi connectivity index (χ1n) is 15.0. The van der Waals surface area contributed by atoms with Crippen LogP contribution in [0.1, 0.15) is 149 Å². The van der Waals surface area contributed by atoms with Gasteiger partial charge in [0.05, 0.1) is 0 Å². The molecule has 1 atom stereocenters. The number of carbonyl (C=O) groups is 2. The monoisotopic (exact) mass is 504 g/mol. The summed E-state index contributed by atoms with van der Waals surface area (Å²) in [6.07, 6.45) is 34.8. The number of hydrogen-bond donors (Lipinski definition) is 1. The van der Waals surface area contributed by atoms with E-state index in [-0.39, 0.29) is 18.5 Å². The van der Waals surface area contributed by atoms with Crippen LogP contribution in [-0.2, 0) is 14.3 Å². The fourth-order valence-corrected chi connectivity index (χ4v) is 4.14. The van der Waals surface area contributed by atoms with Crippen LogP contribution in [0.25, 0.3) is 0 Å². The van der Waals surface area contributed by atoms with Gasteiger partial charge >= 0.3 is 11.9 Å². The first kappa shape index (κ1) is 34.2. The standard InChI is InChI=1S/C32H56O4/c1-3-5-7-9-10-11-12-13-14-15-16-21-25-29-32(35)36-30(26-22-18-8-6-4-2)27-23-19-17-20-24-28-31(33)34/h6,8,22-23,26-27,30H,3-5,7,9-21,24-25,28-29H2,1-2H3,(H,33,34)/b8-6-,26-22-,27-23-. The third-order valence-electron chi connectivity index (χ3n) is 6.34. The molecule has 0 saturated carbocycles. The van der Waals surface area contributed by atoms with E-state index in [9.17, 15) is 9.59 Å². The van der Waals surface area contributed by atoms with E-state index in [1.807, 2.05) is 18.2 Å². The molecule has 208 valence electrons. The molecular weight excluding hydrogens is 448 g/mol. The van der Waals surface area contributed by atoms with Crippen molar-refractivity contribution in [2.45, 2.75) is 155 Å². The highest BCUT2D eigenvalue weighted by Crippen LogP contribution is 2.14. The number of carboxylic acid groups (broad SMARTS) is 1. The quantitative estimate of drug-likeness (QED) is 0.0723. The average molecular weight is 505 g/mol. The highest BCUT2D eigenvalue weighted by Gasteiger charge is 2.08. The zero-order valence-corrected chi connectivity index (χ0v) is 23.6. The van der Waals surface area contributed by atoms with Crippen molar-refractivity contribution < 1.29 is 19.4 Å². The second kappa shape index (κ2) is 27.7. The lowest BCUT2D eigenvalue weighted by Crippen LogP contribution is -2.13. The molecule has 4 heteroatoms. The van der Waals surface area contributed by atoms with E-state index in [1.54, 1.807) is 0 Å².